The van der Waals surface area contributed by atoms with E-state index in [-0.39, 0.29) is 23.4 Å². The molecule has 0 radical (unpaired) electrons. The van der Waals surface area contributed by atoms with Crippen LogP contribution in [0.25, 0.3) is 0 Å². The number of aromatic nitrogens is 1. The number of nitro groups is 1. The number of pyridine rings is 1. The Morgan fingerprint density at radius 1 is 1.12 bits per heavy atom. The number of rotatable bonds is 7. The van der Waals surface area contributed by atoms with Crippen LogP contribution in [-0.2, 0) is 0 Å². The minimum Gasteiger partial charge on any atom is -0.483 e. The molecule has 0 aliphatic carbocycles. The number of benzene rings is 1. The van der Waals surface area contributed by atoms with Crippen molar-refractivity contribution in [2.24, 2.45) is 0 Å². The van der Waals surface area contributed by atoms with Gasteiger partial charge in [-0.15, -0.1) is 0 Å². The molecule has 0 fully saturated rings. The summed E-state index contributed by atoms with van der Waals surface area (Å²) < 4.78 is 5.92. The van der Waals surface area contributed by atoms with E-state index >= 15 is 0 Å². The van der Waals surface area contributed by atoms with Gasteiger partial charge in [-0.2, -0.15) is 0 Å². The number of nitrogens with one attached hydrogen (secondary N) is 1. The molecular weight excluding hydrogens is 330 g/mol. The molecule has 1 heterocycles. The molecule has 0 bridgehead atoms. The minimum absolute atomic E-state index is 0.0637. The van der Waals surface area contributed by atoms with E-state index in [0.717, 1.165) is 35.2 Å². The topological polar surface area (TPSA) is 77.3 Å². The van der Waals surface area contributed by atoms with Crippen LogP contribution in [0.4, 0.5) is 17.2 Å². The highest BCUT2D eigenvalue weighted by molar-refractivity contribution is 5.74. The SMILES string of the molecule is CCC(CC)Oc1cc(C)nc(Nc2c(C)cc(C)cc2C)c1[N+](=O)[O-]. The third-order valence-electron chi connectivity index (χ3n) is 4.39. The summed E-state index contributed by atoms with van der Waals surface area (Å²) in [6.07, 6.45) is 1.51. The summed E-state index contributed by atoms with van der Waals surface area (Å²) in [7, 11) is 0. The van der Waals surface area contributed by atoms with Gasteiger partial charge in [-0.1, -0.05) is 31.5 Å². The van der Waals surface area contributed by atoms with E-state index in [2.05, 4.69) is 10.3 Å². The van der Waals surface area contributed by atoms with Gasteiger partial charge in [-0.25, -0.2) is 4.98 Å². The number of hydrogen-bond acceptors (Lipinski definition) is 5. The van der Waals surface area contributed by atoms with E-state index in [1.165, 1.54) is 0 Å². The number of aryl methyl sites for hydroxylation is 4. The second-order valence-electron chi connectivity index (χ2n) is 6.67. The molecule has 0 saturated carbocycles. The van der Waals surface area contributed by atoms with Crippen LogP contribution in [0, 0.1) is 37.8 Å². The molecule has 2 aromatic rings. The van der Waals surface area contributed by atoms with E-state index in [1.807, 2.05) is 53.7 Å². The normalized spacial score (nSPS) is 10.9. The predicted octanol–water partition coefficient (Wildman–Crippen LogP) is 5.53. The zero-order valence-electron chi connectivity index (χ0n) is 16.3. The van der Waals surface area contributed by atoms with Crippen molar-refractivity contribution in [3.63, 3.8) is 0 Å². The zero-order valence-corrected chi connectivity index (χ0v) is 16.3. The van der Waals surface area contributed by atoms with Crippen molar-refractivity contribution in [1.82, 2.24) is 4.98 Å². The lowest BCUT2D eigenvalue weighted by Crippen LogP contribution is -2.15. The molecule has 1 aromatic carbocycles. The van der Waals surface area contributed by atoms with Crippen LogP contribution in [-0.4, -0.2) is 16.0 Å². The van der Waals surface area contributed by atoms with Gasteiger partial charge in [0, 0.05) is 17.4 Å². The largest absolute Gasteiger partial charge is 0.483 e. The first-order chi connectivity index (χ1) is 12.3. The van der Waals surface area contributed by atoms with Crippen molar-refractivity contribution in [1.29, 1.82) is 0 Å². The Labute approximate surface area is 154 Å². The van der Waals surface area contributed by atoms with Crippen LogP contribution in [0.5, 0.6) is 5.75 Å². The van der Waals surface area contributed by atoms with Gasteiger partial charge < -0.3 is 10.1 Å². The lowest BCUT2D eigenvalue weighted by atomic mass is 10.1. The molecule has 1 aromatic heterocycles. The molecule has 1 N–H and O–H groups in total. The van der Waals surface area contributed by atoms with Gasteiger partial charge >= 0.3 is 5.69 Å². The Bertz CT molecular complexity index is 791. The molecule has 0 unspecified atom stereocenters. The minimum atomic E-state index is -0.425. The summed E-state index contributed by atoms with van der Waals surface area (Å²) in [4.78, 5) is 15.7. The molecular formula is C20H27N3O3. The quantitative estimate of drug-likeness (QED) is 0.520. The molecule has 0 atom stereocenters. The Kier molecular flexibility index (Phi) is 6.18. The average Bonchev–Trinajstić information content (AvgIpc) is 2.55. The fourth-order valence-corrected chi connectivity index (χ4v) is 3.12. The second-order valence-corrected chi connectivity index (χ2v) is 6.67. The van der Waals surface area contributed by atoms with E-state index < -0.39 is 4.92 Å². The van der Waals surface area contributed by atoms with Crippen LogP contribution in [0.1, 0.15) is 49.1 Å². The molecule has 140 valence electrons. The van der Waals surface area contributed by atoms with Crippen LogP contribution in [0.15, 0.2) is 18.2 Å². The van der Waals surface area contributed by atoms with E-state index in [0.29, 0.717) is 5.69 Å². The molecule has 2 rings (SSSR count). The summed E-state index contributed by atoms with van der Waals surface area (Å²) in [5, 5.41) is 14.9. The van der Waals surface area contributed by atoms with Crippen molar-refractivity contribution in [2.45, 2.75) is 60.5 Å². The monoisotopic (exact) mass is 357 g/mol. The third kappa shape index (κ3) is 4.31. The van der Waals surface area contributed by atoms with Gasteiger partial charge in [0.15, 0.2) is 0 Å². The smallest absolute Gasteiger partial charge is 0.353 e. The summed E-state index contributed by atoms with van der Waals surface area (Å²) in [5.74, 6) is 0.479. The van der Waals surface area contributed by atoms with Crippen LogP contribution in [0.3, 0.4) is 0 Å². The summed E-state index contributed by atoms with van der Waals surface area (Å²) in [6, 6.07) is 5.72. The highest BCUT2D eigenvalue weighted by Crippen LogP contribution is 2.38. The van der Waals surface area contributed by atoms with Gasteiger partial charge in [0.25, 0.3) is 0 Å². The first-order valence-corrected chi connectivity index (χ1v) is 8.94. The molecule has 0 spiro atoms. The molecule has 6 heteroatoms. The second kappa shape index (κ2) is 8.17. The fraction of sp³-hybridized carbons (Fsp3) is 0.450. The first-order valence-electron chi connectivity index (χ1n) is 8.94. The lowest BCUT2D eigenvalue weighted by molar-refractivity contribution is -0.385. The standard InChI is InChI=1S/C20H27N3O3/c1-7-16(8-2)26-17-11-15(6)21-20(19(17)23(24)25)22-18-13(4)9-12(3)10-14(18)5/h9-11,16H,7-8H2,1-6H3,(H,21,22). The van der Waals surface area contributed by atoms with E-state index in [4.69, 9.17) is 4.74 Å². The van der Waals surface area contributed by atoms with Gasteiger partial charge in [0.2, 0.25) is 11.6 Å². The maximum absolute atomic E-state index is 11.8. The first kappa shape index (κ1) is 19.7. The Morgan fingerprint density at radius 2 is 1.69 bits per heavy atom. The Hall–Kier alpha value is -2.63. The van der Waals surface area contributed by atoms with Crippen molar-refractivity contribution in [2.75, 3.05) is 5.32 Å². The Balaban J connectivity index is 2.55. The highest BCUT2D eigenvalue weighted by atomic mass is 16.6. The molecule has 0 amide bonds. The van der Waals surface area contributed by atoms with Crippen molar-refractivity contribution >= 4 is 17.2 Å². The lowest BCUT2D eigenvalue weighted by Gasteiger charge is -2.18. The van der Waals surface area contributed by atoms with Gasteiger partial charge in [0.1, 0.15) is 0 Å². The summed E-state index contributed by atoms with van der Waals surface area (Å²) >= 11 is 0. The maximum Gasteiger partial charge on any atom is 0.353 e. The fourth-order valence-electron chi connectivity index (χ4n) is 3.12. The van der Waals surface area contributed by atoms with Gasteiger partial charge in [-0.05, 0) is 51.7 Å². The van der Waals surface area contributed by atoms with E-state index in [9.17, 15) is 10.1 Å². The predicted molar refractivity (Wildman–Crippen MR) is 105 cm³/mol. The summed E-state index contributed by atoms with van der Waals surface area (Å²) in [6.45, 7) is 11.8. The molecule has 0 aliphatic heterocycles. The maximum atomic E-state index is 11.8. The van der Waals surface area contributed by atoms with Crippen LogP contribution in [0.2, 0.25) is 0 Å². The van der Waals surface area contributed by atoms with Crippen molar-refractivity contribution in [3.05, 3.63) is 50.7 Å². The van der Waals surface area contributed by atoms with E-state index in [1.54, 1.807) is 6.07 Å². The average molecular weight is 357 g/mol. The summed E-state index contributed by atoms with van der Waals surface area (Å²) in [5.41, 5.74) is 4.56. The van der Waals surface area contributed by atoms with Crippen LogP contribution >= 0.6 is 0 Å². The number of nitrogens with zero attached hydrogens (tertiary/aromatic N) is 2. The molecule has 26 heavy (non-hydrogen) atoms. The van der Waals surface area contributed by atoms with Crippen molar-refractivity contribution in [3.8, 4) is 5.75 Å². The third-order valence-corrected chi connectivity index (χ3v) is 4.39. The highest BCUT2D eigenvalue weighted by Gasteiger charge is 2.26. The van der Waals surface area contributed by atoms with Gasteiger partial charge in [0.05, 0.1) is 11.0 Å². The number of hydrogen-bond donors (Lipinski definition) is 1. The molecule has 0 saturated heterocycles. The van der Waals surface area contributed by atoms with Crippen LogP contribution < -0.4 is 10.1 Å². The Morgan fingerprint density at radius 3 is 2.19 bits per heavy atom. The number of anilines is 2. The molecule has 6 nitrogen and oxygen atoms in total. The molecule has 0 aliphatic rings. The van der Waals surface area contributed by atoms with Crippen molar-refractivity contribution < 1.29 is 9.66 Å². The number of ether oxygens (including phenoxy) is 1. The van der Waals surface area contributed by atoms with Gasteiger partial charge in [-0.3, -0.25) is 10.1 Å². The zero-order chi connectivity index (χ0) is 19.4.